The summed E-state index contributed by atoms with van der Waals surface area (Å²) in [5, 5.41) is 11.3. The van der Waals surface area contributed by atoms with E-state index in [0.717, 1.165) is 0 Å². The second kappa shape index (κ2) is 6.98. The molecule has 1 amide bonds. The number of nitrogens with one attached hydrogen (secondary N) is 1. The van der Waals surface area contributed by atoms with Crippen LogP contribution in [0.1, 0.15) is 20.7 Å². The van der Waals surface area contributed by atoms with Crippen molar-refractivity contribution in [1.29, 1.82) is 0 Å². The number of ether oxygens (including phenoxy) is 1. The van der Waals surface area contributed by atoms with Crippen LogP contribution in [0.25, 0.3) is 0 Å². The summed E-state index contributed by atoms with van der Waals surface area (Å²) in [6, 6.07) is 8.84. The van der Waals surface area contributed by atoms with E-state index in [0.29, 0.717) is 5.69 Å². The summed E-state index contributed by atoms with van der Waals surface area (Å²) in [4.78, 5) is 37.9. The van der Waals surface area contributed by atoms with Gasteiger partial charge in [-0.2, -0.15) is 0 Å². The number of carbonyl (C=O) groups is 3. The Hall–Kier alpha value is -3.22. The second-order valence-corrected chi connectivity index (χ2v) is 4.25. The minimum Gasteiger partial charge on any atom is -0.478 e. The van der Waals surface area contributed by atoms with Crippen LogP contribution in [0, 0.1) is 0 Å². The van der Waals surface area contributed by atoms with E-state index in [9.17, 15) is 14.4 Å². The summed E-state index contributed by atoms with van der Waals surface area (Å²) in [7, 11) is 0. The van der Waals surface area contributed by atoms with Crippen molar-refractivity contribution in [2.24, 2.45) is 0 Å². The maximum atomic E-state index is 11.7. The van der Waals surface area contributed by atoms with Crippen molar-refractivity contribution in [2.75, 3.05) is 11.9 Å². The fourth-order valence-electron chi connectivity index (χ4n) is 1.62. The molecule has 0 atom stereocenters. The number of pyridine rings is 1. The van der Waals surface area contributed by atoms with Gasteiger partial charge in [-0.05, 0) is 30.3 Å². The van der Waals surface area contributed by atoms with Crippen LogP contribution in [-0.2, 0) is 9.53 Å². The zero-order valence-electron chi connectivity index (χ0n) is 11.4. The quantitative estimate of drug-likeness (QED) is 0.812. The smallest absolute Gasteiger partial charge is 0.340 e. The SMILES string of the molecule is O=C(COC(=O)c1cccnc1)Nc1cccc(C(=O)O)c1. The number of carbonyl (C=O) groups excluding carboxylic acids is 2. The monoisotopic (exact) mass is 300 g/mol. The number of carboxylic acid groups (broad SMARTS) is 1. The number of hydrogen-bond acceptors (Lipinski definition) is 5. The standard InChI is InChI=1S/C15H12N2O5/c18-13(9-22-15(21)11-4-2-6-16-8-11)17-12-5-1-3-10(7-12)14(19)20/h1-8H,9H2,(H,17,18)(H,19,20). The van der Waals surface area contributed by atoms with Gasteiger partial charge in [0.1, 0.15) is 0 Å². The first-order valence-corrected chi connectivity index (χ1v) is 6.26. The van der Waals surface area contributed by atoms with E-state index in [1.54, 1.807) is 6.07 Å². The molecule has 7 heteroatoms. The molecule has 0 aliphatic rings. The van der Waals surface area contributed by atoms with E-state index >= 15 is 0 Å². The van der Waals surface area contributed by atoms with E-state index in [-0.39, 0.29) is 11.1 Å². The Morgan fingerprint density at radius 1 is 1.14 bits per heavy atom. The molecule has 7 nitrogen and oxygen atoms in total. The summed E-state index contributed by atoms with van der Waals surface area (Å²) in [6.45, 7) is -0.481. The van der Waals surface area contributed by atoms with Crippen molar-refractivity contribution < 1.29 is 24.2 Å². The first kappa shape index (κ1) is 15.2. The van der Waals surface area contributed by atoms with Crippen molar-refractivity contribution in [1.82, 2.24) is 4.98 Å². The number of nitrogens with zero attached hydrogens (tertiary/aromatic N) is 1. The molecular weight excluding hydrogens is 288 g/mol. The van der Waals surface area contributed by atoms with E-state index in [1.807, 2.05) is 0 Å². The molecule has 0 saturated heterocycles. The molecule has 1 aromatic carbocycles. The molecule has 2 N–H and O–H groups in total. The van der Waals surface area contributed by atoms with E-state index < -0.39 is 24.5 Å². The van der Waals surface area contributed by atoms with Gasteiger partial charge in [0.15, 0.2) is 6.61 Å². The van der Waals surface area contributed by atoms with E-state index in [2.05, 4.69) is 10.3 Å². The van der Waals surface area contributed by atoms with Crippen molar-refractivity contribution in [3.05, 3.63) is 59.9 Å². The Morgan fingerprint density at radius 2 is 1.91 bits per heavy atom. The highest BCUT2D eigenvalue weighted by molar-refractivity contribution is 5.96. The van der Waals surface area contributed by atoms with Gasteiger partial charge in [-0.1, -0.05) is 6.07 Å². The van der Waals surface area contributed by atoms with Gasteiger partial charge in [-0.15, -0.1) is 0 Å². The Morgan fingerprint density at radius 3 is 2.59 bits per heavy atom. The topological polar surface area (TPSA) is 106 Å². The van der Waals surface area contributed by atoms with Gasteiger partial charge >= 0.3 is 11.9 Å². The predicted molar refractivity (Wildman–Crippen MR) is 76.6 cm³/mol. The molecule has 0 spiro atoms. The number of benzene rings is 1. The molecule has 0 aliphatic heterocycles. The molecule has 0 radical (unpaired) electrons. The van der Waals surface area contributed by atoms with Gasteiger partial charge in [-0.3, -0.25) is 9.78 Å². The van der Waals surface area contributed by atoms with Crippen LogP contribution in [0.15, 0.2) is 48.8 Å². The van der Waals surface area contributed by atoms with Gasteiger partial charge in [0, 0.05) is 18.1 Å². The number of carboxylic acids is 1. The van der Waals surface area contributed by atoms with Crippen molar-refractivity contribution >= 4 is 23.5 Å². The van der Waals surface area contributed by atoms with Crippen LogP contribution in [-0.4, -0.2) is 34.5 Å². The lowest BCUT2D eigenvalue weighted by Gasteiger charge is -2.07. The fourth-order valence-corrected chi connectivity index (χ4v) is 1.62. The highest BCUT2D eigenvalue weighted by Gasteiger charge is 2.11. The van der Waals surface area contributed by atoms with Crippen LogP contribution >= 0.6 is 0 Å². The zero-order chi connectivity index (χ0) is 15.9. The number of hydrogen-bond donors (Lipinski definition) is 2. The van der Waals surface area contributed by atoms with Crippen LogP contribution in [0.5, 0.6) is 0 Å². The highest BCUT2D eigenvalue weighted by atomic mass is 16.5. The summed E-state index contributed by atoms with van der Waals surface area (Å²) in [6.07, 6.45) is 2.84. The van der Waals surface area contributed by atoms with Gasteiger partial charge in [0.25, 0.3) is 5.91 Å². The average molecular weight is 300 g/mol. The maximum absolute atomic E-state index is 11.7. The van der Waals surface area contributed by atoms with Crippen LogP contribution < -0.4 is 5.32 Å². The van der Waals surface area contributed by atoms with Crippen LogP contribution in [0.4, 0.5) is 5.69 Å². The largest absolute Gasteiger partial charge is 0.478 e. The molecule has 112 valence electrons. The molecule has 0 saturated carbocycles. The van der Waals surface area contributed by atoms with Crippen LogP contribution in [0.2, 0.25) is 0 Å². The van der Waals surface area contributed by atoms with Gasteiger partial charge in [-0.25, -0.2) is 9.59 Å². The van der Waals surface area contributed by atoms with Crippen molar-refractivity contribution in [3.8, 4) is 0 Å². The molecule has 22 heavy (non-hydrogen) atoms. The van der Waals surface area contributed by atoms with Gasteiger partial charge in [0.05, 0.1) is 11.1 Å². The molecule has 0 bridgehead atoms. The lowest BCUT2D eigenvalue weighted by Crippen LogP contribution is -2.21. The lowest BCUT2D eigenvalue weighted by atomic mass is 10.2. The zero-order valence-corrected chi connectivity index (χ0v) is 11.4. The van der Waals surface area contributed by atoms with Crippen LogP contribution in [0.3, 0.4) is 0 Å². The summed E-state index contributed by atoms with van der Waals surface area (Å²) in [5.74, 6) is -2.33. The number of amides is 1. The minimum atomic E-state index is -1.10. The third-order valence-corrected chi connectivity index (χ3v) is 2.62. The molecule has 0 unspecified atom stereocenters. The fraction of sp³-hybridized carbons (Fsp3) is 0.0667. The Bertz CT molecular complexity index is 700. The second-order valence-electron chi connectivity index (χ2n) is 4.25. The lowest BCUT2D eigenvalue weighted by molar-refractivity contribution is -0.119. The molecule has 0 aliphatic carbocycles. The highest BCUT2D eigenvalue weighted by Crippen LogP contribution is 2.10. The normalized spacial score (nSPS) is 9.82. The first-order chi connectivity index (χ1) is 10.6. The molecule has 1 aromatic heterocycles. The third-order valence-electron chi connectivity index (χ3n) is 2.62. The number of esters is 1. The Kier molecular flexibility index (Phi) is 4.81. The number of anilines is 1. The average Bonchev–Trinajstić information content (AvgIpc) is 2.53. The summed E-state index contributed by atoms with van der Waals surface area (Å²) < 4.78 is 4.83. The summed E-state index contributed by atoms with van der Waals surface area (Å²) in [5.41, 5.74) is 0.593. The number of aromatic nitrogens is 1. The van der Waals surface area contributed by atoms with E-state index in [4.69, 9.17) is 9.84 Å². The molecule has 0 fully saturated rings. The van der Waals surface area contributed by atoms with Crippen molar-refractivity contribution in [2.45, 2.75) is 0 Å². The molecule has 1 heterocycles. The van der Waals surface area contributed by atoms with Gasteiger partial charge < -0.3 is 15.2 Å². The number of rotatable bonds is 5. The Balaban J connectivity index is 1.89. The molecule has 2 aromatic rings. The first-order valence-electron chi connectivity index (χ1n) is 6.26. The molecule has 2 rings (SSSR count). The molecular formula is C15H12N2O5. The van der Waals surface area contributed by atoms with E-state index in [1.165, 1.54) is 42.7 Å². The maximum Gasteiger partial charge on any atom is 0.340 e. The number of aromatic carboxylic acids is 1. The van der Waals surface area contributed by atoms with Gasteiger partial charge in [0.2, 0.25) is 0 Å². The minimum absolute atomic E-state index is 0.0464. The summed E-state index contributed by atoms with van der Waals surface area (Å²) >= 11 is 0. The Labute approximate surface area is 125 Å². The third kappa shape index (κ3) is 4.14. The van der Waals surface area contributed by atoms with Crippen molar-refractivity contribution in [3.63, 3.8) is 0 Å². The predicted octanol–water partition coefficient (Wildman–Crippen LogP) is 1.58.